The van der Waals surface area contributed by atoms with Crippen LogP contribution in [0.1, 0.15) is 19.4 Å². The standard InChI is InChI=1S/C16H16/c1-3-13(2)14-9-11-16(12-10-14)15-7-5-4-6-8-15/h3-12H,1-2H3. The van der Waals surface area contributed by atoms with Gasteiger partial charge in [-0.2, -0.15) is 0 Å². The van der Waals surface area contributed by atoms with Crippen molar-refractivity contribution in [3.05, 3.63) is 66.2 Å². The van der Waals surface area contributed by atoms with Crippen LogP contribution in [0.15, 0.2) is 60.7 Å². The van der Waals surface area contributed by atoms with E-state index < -0.39 is 0 Å². The summed E-state index contributed by atoms with van der Waals surface area (Å²) in [6.45, 7) is 4.21. The number of hydrogen-bond acceptors (Lipinski definition) is 0. The highest BCUT2D eigenvalue weighted by Gasteiger charge is 1.97. The number of rotatable bonds is 2. The third-order valence-corrected chi connectivity index (χ3v) is 2.88. The van der Waals surface area contributed by atoms with E-state index in [-0.39, 0.29) is 0 Å². The smallest absolute Gasteiger partial charge is 0.0184 e. The Kier molecular flexibility index (Phi) is 3.21. The van der Waals surface area contributed by atoms with Crippen molar-refractivity contribution in [2.24, 2.45) is 0 Å². The summed E-state index contributed by atoms with van der Waals surface area (Å²) < 4.78 is 0. The van der Waals surface area contributed by atoms with Gasteiger partial charge in [0.05, 0.1) is 0 Å². The zero-order valence-electron chi connectivity index (χ0n) is 9.77. The summed E-state index contributed by atoms with van der Waals surface area (Å²) in [7, 11) is 0. The first-order chi connectivity index (χ1) is 7.81. The lowest BCUT2D eigenvalue weighted by molar-refractivity contribution is 1.53. The topological polar surface area (TPSA) is 0 Å². The Morgan fingerprint density at radius 2 is 1.38 bits per heavy atom. The molecule has 0 aromatic heterocycles. The molecular weight excluding hydrogens is 192 g/mol. The van der Waals surface area contributed by atoms with Crippen LogP contribution in [0.3, 0.4) is 0 Å². The van der Waals surface area contributed by atoms with Crippen LogP contribution in [0.2, 0.25) is 0 Å². The second-order valence-corrected chi connectivity index (χ2v) is 3.92. The van der Waals surface area contributed by atoms with E-state index in [1.54, 1.807) is 0 Å². The van der Waals surface area contributed by atoms with Crippen LogP contribution in [-0.4, -0.2) is 0 Å². The van der Waals surface area contributed by atoms with E-state index in [0.717, 1.165) is 0 Å². The summed E-state index contributed by atoms with van der Waals surface area (Å²) in [6, 6.07) is 19.2. The van der Waals surface area contributed by atoms with Gasteiger partial charge in [0.15, 0.2) is 0 Å². The van der Waals surface area contributed by atoms with Crippen molar-refractivity contribution < 1.29 is 0 Å². The molecule has 0 aliphatic rings. The number of allylic oxidation sites excluding steroid dienone is 2. The van der Waals surface area contributed by atoms with Crippen LogP contribution in [0, 0.1) is 0 Å². The second kappa shape index (κ2) is 4.80. The Morgan fingerprint density at radius 1 is 0.812 bits per heavy atom. The summed E-state index contributed by atoms with van der Waals surface area (Å²) in [5.74, 6) is 0. The molecule has 0 heteroatoms. The summed E-state index contributed by atoms with van der Waals surface area (Å²) in [5.41, 5.74) is 5.15. The van der Waals surface area contributed by atoms with Crippen LogP contribution >= 0.6 is 0 Å². The van der Waals surface area contributed by atoms with Crippen molar-refractivity contribution in [2.75, 3.05) is 0 Å². The molecule has 16 heavy (non-hydrogen) atoms. The lowest BCUT2D eigenvalue weighted by Gasteiger charge is -2.04. The van der Waals surface area contributed by atoms with Crippen molar-refractivity contribution >= 4 is 5.57 Å². The maximum absolute atomic E-state index is 2.18. The van der Waals surface area contributed by atoms with E-state index in [1.807, 2.05) is 6.07 Å². The van der Waals surface area contributed by atoms with Crippen molar-refractivity contribution in [3.63, 3.8) is 0 Å². The van der Waals surface area contributed by atoms with Gasteiger partial charge in [0, 0.05) is 0 Å². The normalized spacial score (nSPS) is 11.5. The van der Waals surface area contributed by atoms with Gasteiger partial charge in [0.2, 0.25) is 0 Å². The fourth-order valence-corrected chi connectivity index (χ4v) is 1.72. The van der Waals surface area contributed by atoms with Gasteiger partial charge in [-0.15, -0.1) is 0 Å². The van der Waals surface area contributed by atoms with Gasteiger partial charge >= 0.3 is 0 Å². The molecule has 2 aromatic rings. The molecule has 0 radical (unpaired) electrons. The molecule has 2 rings (SSSR count). The summed E-state index contributed by atoms with van der Waals surface area (Å²) in [4.78, 5) is 0. The molecule has 0 aliphatic carbocycles. The molecule has 0 saturated carbocycles. The lowest BCUT2D eigenvalue weighted by atomic mass is 10.0. The summed E-state index contributed by atoms with van der Waals surface area (Å²) in [5, 5.41) is 0. The van der Waals surface area contributed by atoms with Gasteiger partial charge in [-0.3, -0.25) is 0 Å². The highest BCUT2D eigenvalue weighted by Crippen LogP contribution is 2.21. The second-order valence-electron chi connectivity index (χ2n) is 3.92. The van der Waals surface area contributed by atoms with Crippen LogP contribution in [0.25, 0.3) is 16.7 Å². The molecule has 0 fully saturated rings. The van der Waals surface area contributed by atoms with Gasteiger partial charge in [-0.05, 0) is 36.1 Å². The van der Waals surface area contributed by atoms with E-state index in [2.05, 4.69) is 68.5 Å². The van der Waals surface area contributed by atoms with E-state index in [1.165, 1.54) is 22.3 Å². The monoisotopic (exact) mass is 208 g/mol. The largest absolute Gasteiger partial charge is 0.0841 e. The third kappa shape index (κ3) is 2.22. The van der Waals surface area contributed by atoms with Crippen LogP contribution in [-0.2, 0) is 0 Å². The Balaban J connectivity index is 2.34. The zero-order chi connectivity index (χ0) is 11.4. The van der Waals surface area contributed by atoms with Gasteiger partial charge in [-0.25, -0.2) is 0 Å². The Hall–Kier alpha value is -1.82. The Morgan fingerprint density at radius 3 is 1.94 bits per heavy atom. The maximum Gasteiger partial charge on any atom is -0.0184 e. The molecular formula is C16H16. The molecule has 0 nitrogen and oxygen atoms in total. The van der Waals surface area contributed by atoms with Crippen molar-refractivity contribution in [3.8, 4) is 11.1 Å². The first-order valence-corrected chi connectivity index (χ1v) is 5.60. The molecule has 0 heterocycles. The predicted octanol–water partition coefficient (Wildman–Crippen LogP) is 4.78. The molecule has 2 aromatic carbocycles. The minimum Gasteiger partial charge on any atom is -0.0841 e. The number of hydrogen-bond donors (Lipinski definition) is 0. The molecule has 0 saturated heterocycles. The Labute approximate surface area is 97.3 Å². The molecule has 0 unspecified atom stereocenters. The van der Waals surface area contributed by atoms with Crippen LogP contribution in [0.4, 0.5) is 0 Å². The van der Waals surface area contributed by atoms with Gasteiger partial charge in [0.25, 0.3) is 0 Å². The van der Waals surface area contributed by atoms with E-state index in [9.17, 15) is 0 Å². The van der Waals surface area contributed by atoms with E-state index >= 15 is 0 Å². The van der Waals surface area contributed by atoms with Crippen molar-refractivity contribution in [1.82, 2.24) is 0 Å². The molecule has 0 amide bonds. The average Bonchev–Trinajstić information content (AvgIpc) is 2.39. The van der Waals surface area contributed by atoms with Gasteiger partial charge in [0.1, 0.15) is 0 Å². The minimum atomic E-state index is 1.27. The van der Waals surface area contributed by atoms with E-state index in [4.69, 9.17) is 0 Å². The Bertz CT molecular complexity index is 475. The fourth-order valence-electron chi connectivity index (χ4n) is 1.72. The lowest BCUT2D eigenvalue weighted by Crippen LogP contribution is -1.80. The molecule has 0 aliphatic heterocycles. The molecule has 0 atom stereocenters. The first kappa shape index (κ1) is 10.7. The highest BCUT2D eigenvalue weighted by atomic mass is 14.0. The van der Waals surface area contributed by atoms with E-state index in [0.29, 0.717) is 0 Å². The predicted molar refractivity (Wildman–Crippen MR) is 71.2 cm³/mol. The first-order valence-electron chi connectivity index (χ1n) is 5.60. The van der Waals surface area contributed by atoms with Gasteiger partial charge in [-0.1, -0.05) is 60.7 Å². The summed E-state index contributed by atoms with van der Waals surface area (Å²) in [6.07, 6.45) is 2.14. The highest BCUT2D eigenvalue weighted by molar-refractivity contribution is 5.69. The van der Waals surface area contributed by atoms with Crippen molar-refractivity contribution in [1.29, 1.82) is 0 Å². The number of benzene rings is 2. The SMILES string of the molecule is CC=C(C)c1ccc(-c2ccccc2)cc1. The minimum absolute atomic E-state index is 1.27. The quantitative estimate of drug-likeness (QED) is 0.666. The average molecular weight is 208 g/mol. The van der Waals surface area contributed by atoms with Crippen LogP contribution in [0.5, 0.6) is 0 Å². The zero-order valence-corrected chi connectivity index (χ0v) is 9.77. The van der Waals surface area contributed by atoms with Crippen LogP contribution < -0.4 is 0 Å². The summed E-state index contributed by atoms with van der Waals surface area (Å²) >= 11 is 0. The molecule has 0 bridgehead atoms. The molecule has 0 spiro atoms. The van der Waals surface area contributed by atoms with Gasteiger partial charge < -0.3 is 0 Å². The van der Waals surface area contributed by atoms with Crippen molar-refractivity contribution in [2.45, 2.75) is 13.8 Å². The molecule has 0 N–H and O–H groups in total. The maximum atomic E-state index is 2.18. The third-order valence-electron chi connectivity index (χ3n) is 2.88. The fraction of sp³-hybridized carbons (Fsp3) is 0.125. The molecule has 80 valence electrons.